The summed E-state index contributed by atoms with van der Waals surface area (Å²) in [5, 5.41) is 17.4. The van der Waals surface area contributed by atoms with E-state index in [1.807, 2.05) is 42.5 Å². The van der Waals surface area contributed by atoms with Gasteiger partial charge in [-0.15, -0.1) is 0 Å². The van der Waals surface area contributed by atoms with Crippen molar-refractivity contribution in [3.8, 4) is 5.75 Å². The third-order valence-electron chi connectivity index (χ3n) is 4.52. The number of hydrogen-bond donors (Lipinski definition) is 1. The third-order valence-corrected chi connectivity index (χ3v) is 4.52. The van der Waals surface area contributed by atoms with Crippen LogP contribution in [-0.2, 0) is 6.61 Å². The second-order valence-electron chi connectivity index (χ2n) is 6.49. The minimum atomic E-state index is -0.507. The number of fused-ring (bicyclic) bond motifs is 1. The number of hydrazone groups is 1. The van der Waals surface area contributed by atoms with Gasteiger partial charge in [-0.3, -0.25) is 15.5 Å². The molecule has 1 N–H and O–H groups in total. The number of nitrogens with one attached hydrogen (secondary N) is 1. The Balaban J connectivity index is 1.38. The lowest BCUT2D eigenvalue weighted by Gasteiger charge is -2.09. The second-order valence-corrected chi connectivity index (χ2v) is 6.49. The van der Waals surface area contributed by atoms with Crippen LogP contribution in [0, 0.1) is 10.1 Å². The SMILES string of the molecule is O=[N+]([O-])c1cccnc1N/N=C\c1ccc(OCc2cccc3ccccc23)cc1. The first-order chi connectivity index (χ1) is 14.7. The van der Waals surface area contributed by atoms with Gasteiger partial charge in [0.15, 0.2) is 0 Å². The quantitative estimate of drug-likeness (QED) is 0.264. The molecule has 7 heteroatoms. The summed E-state index contributed by atoms with van der Waals surface area (Å²) in [7, 11) is 0. The number of benzene rings is 3. The van der Waals surface area contributed by atoms with Crippen LogP contribution in [-0.4, -0.2) is 16.1 Å². The number of anilines is 1. The first-order valence-corrected chi connectivity index (χ1v) is 9.29. The zero-order chi connectivity index (χ0) is 20.8. The number of aromatic nitrogens is 1. The summed E-state index contributed by atoms with van der Waals surface area (Å²) in [5.41, 5.74) is 4.42. The molecule has 0 fully saturated rings. The molecule has 148 valence electrons. The number of pyridine rings is 1. The van der Waals surface area contributed by atoms with Crippen molar-refractivity contribution >= 4 is 28.5 Å². The Hall–Kier alpha value is -4.26. The lowest BCUT2D eigenvalue weighted by molar-refractivity contribution is -0.384. The van der Waals surface area contributed by atoms with E-state index in [1.54, 1.807) is 6.21 Å². The highest BCUT2D eigenvalue weighted by Crippen LogP contribution is 2.22. The molecule has 0 aliphatic carbocycles. The van der Waals surface area contributed by atoms with Crippen LogP contribution < -0.4 is 10.2 Å². The van der Waals surface area contributed by atoms with Crippen molar-refractivity contribution in [2.24, 2.45) is 5.10 Å². The fraction of sp³-hybridized carbons (Fsp3) is 0.0435. The maximum Gasteiger partial charge on any atom is 0.313 e. The lowest BCUT2D eigenvalue weighted by Crippen LogP contribution is -1.99. The zero-order valence-corrected chi connectivity index (χ0v) is 15.9. The van der Waals surface area contributed by atoms with E-state index < -0.39 is 4.92 Å². The Morgan fingerprint density at radius 2 is 1.80 bits per heavy atom. The average Bonchev–Trinajstić information content (AvgIpc) is 2.79. The molecule has 0 unspecified atom stereocenters. The highest BCUT2D eigenvalue weighted by atomic mass is 16.6. The van der Waals surface area contributed by atoms with Crippen LogP contribution in [0.3, 0.4) is 0 Å². The van der Waals surface area contributed by atoms with Gasteiger partial charge in [-0.05, 0) is 52.2 Å². The Labute approximate surface area is 172 Å². The van der Waals surface area contributed by atoms with Crippen molar-refractivity contribution in [2.75, 3.05) is 5.43 Å². The summed E-state index contributed by atoms with van der Waals surface area (Å²) in [6.07, 6.45) is 3.03. The van der Waals surface area contributed by atoms with Crippen LogP contribution in [0.5, 0.6) is 5.75 Å². The van der Waals surface area contributed by atoms with Crippen molar-refractivity contribution in [1.29, 1.82) is 0 Å². The third kappa shape index (κ3) is 4.41. The Kier molecular flexibility index (Phi) is 5.61. The van der Waals surface area contributed by atoms with Gasteiger partial charge in [-0.1, -0.05) is 42.5 Å². The van der Waals surface area contributed by atoms with Crippen molar-refractivity contribution < 1.29 is 9.66 Å². The van der Waals surface area contributed by atoms with Gasteiger partial charge < -0.3 is 4.74 Å². The molecular formula is C23H18N4O3. The Bertz CT molecular complexity index is 1200. The molecule has 0 aliphatic rings. The minimum Gasteiger partial charge on any atom is -0.489 e. The van der Waals surface area contributed by atoms with E-state index in [4.69, 9.17) is 4.74 Å². The summed E-state index contributed by atoms with van der Waals surface area (Å²) in [5.74, 6) is 0.835. The average molecular weight is 398 g/mol. The zero-order valence-electron chi connectivity index (χ0n) is 15.9. The molecule has 0 saturated carbocycles. The van der Waals surface area contributed by atoms with E-state index in [1.165, 1.54) is 29.1 Å². The van der Waals surface area contributed by atoms with E-state index in [9.17, 15) is 10.1 Å². The first kappa shape index (κ1) is 19.1. The molecule has 0 bridgehead atoms. The molecule has 0 saturated heterocycles. The predicted molar refractivity (Wildman–Crippen MR) is 117 cm³/mol. The molecule has 3 aromatic carbocycles. The number of rotatable bonds is 7. The van der Waals surface area contributed by atoms with E-state index in [-0.39, 0.29) is 11.5 Å². The van der Waals surface area contributed by atoms with Gasteiger partial charge in [0.1, 0.15) is 12.4 Å². The van der Waals surface area contributed by atoms with E-state index in [0.717, 1.165) is 16.9 Å². The fourth-order valence-electron chi connectivity index (χ4n) is 3.03. The van der Waals surface area contributed by atoms with Crippen LogP contribution in [0.1, 0.15) is 11.1 Å². The maximum absolute atomic E-state index is 11.0. The van der Waals surface area contributed by atoms with Gasteiger partial charge >= 0.3 is 5.69 Å². The molecule has 30 heavy (non-hydrogen) atoms. The van der Waals surface area contributed by atoms with Crippen molar-refractivity contribution in [1.82, 2.24) is 4.98 Å². The molecule has 4 aromatic rings. The van der Waals surface area contributed by atoms with Crippen molar-refractivity contribution in [2.45, 2.75) is 6.61 Å². The van der Waals surface area contributed by atoms with Gasteiger partial charge in [-0.2, -0.15) is 5.10 Å². The van der Waals surface area contributed by atoms with E-state index in [0.29, 0.717) is 6.61 Å². The summed E-state index contributed by atoms with van der Waals surface area (Å²) in [4.78, 5) is 14.4. The van der Waals surface area contributed by atoms with Crippen molar-refractivity contribution in [3.05, 3.63) is 106 Å². The molecule has 1 heterocycles. The smallest absolute Gasteiger partial charge is 0.313 e. The highest BCUT2D eigenvalue weighted by Gasteiger charge is 2.12. The molecule has 4 rings (SSSR count). The second kappa shape index (κ2) is 8.83. The van der Waals surface area contributed by atoms with Crippen LogP contribution in [0.25, 0.3) is 10.8 Å². The lowest BCUT2D eigenvalue weighted by atomic mass is 10.1. The largest absolute Gasteiger partial charge is 0.489 e. The fourth-order valence-corrected chi connectivity index (χ4v) is 3.03. The Morgan fingerprint density at radius 1 is 1.00 bits per heavy atom. The van der Waals surface area contributed by atoms with Crippen LogP contribution >= 0.6 is 0 Å². The molecule has 0 amide bonds. The van der Waals surface area contributed by atoms with Gasteiger partial charge in [0.05, 0.1) is 11.1 Å². The molecule has 1 aromatic heterocycles. The summed E-state index contributed by atoms with van der Waals surface area (Å²) < 4.78 is 5.93. The normalized spacial score (nSPS) is 10.9. The standard InChI is InChI=1S/C23H18N4O3/c28-27(29)22-9-4-14-24-23(22)26-25-15-17-10-12-20(13-11-17)30-16-19-7-3-6-18-5-1-2-8-21(18)19/h1-15H,16H2,(H,24,26)/b25-15-. The van der Waals surface area contributed by atoms with E-state index >= 15 is 0 Å². The summed E-state index contributed by atoms with van der Waals surface area (Å²) in [6.45, 7) is 0.472. The topological polar surface area (TPSA) is 89.7 Å². The molecule has 0 radical (unpaired) electrons. The predicted octanol–water partition coefficient (Wildman–Crippen LogP) is 5.17. The summed E-state index contributed by atoms with van der Waals surface area (Å²) in [6, 6.07) is 24.7. The van der Waals surface area contributed by atoms with Crippen molar-refractivity contribution in [3.63, 3.8) is 0 Å². The maximum atomic E-state index is 11.0. The first-order valence-electron chi connectivity index (χ1n) is 9.29. The number of ether oxygens (including phenoxy) is 1. The van der Waals surface area contributed by atoms with E-state index in [2.05, 4.69) is 39.8 Å². The van der Waals surface area contributed by atoms with Crippen LogP contribution in [0.2, 0.25) is 0 Å². The summed E-state index contributed by atoms with van der Waals surface area (Å²) >= 11 is 0. The molecule has 0 atom stereocenters. The monoisotopic (exact) mass is 398 g/mol. The highest BCUT2D eigenvalue weighted by molar-refractivity contribution is 5.85. The van der Waals surface area contributed by atoms with Gasteiger partial charge in [0, 0.05) is 12.3 Å². The molecule has 0 aliphatic heterocycles. The number of hydrogen-bond acceptors (Lipinski definition) is 6. The number of nitro groups is 1. The number of nitrogens with zero attached hydrogens (tertiary/aromatic N) is 3. The van der Waals surface area contributed by atoms with Gasteiger partial charge in [0.2, 0.25) is 5.82 Å². The molecular weight excluding hydrogens is 380 g/mol. The van der Waals surface area contributed by atoms with Gasteiger partial charge in [-0.25, -0.2) is 4.98 Å². The minimum absolute atomic E-state index is 0.0915. The van der Waals surface area contributed by atoms with Gasteiger partial charge in [0.25, 0.3) is 0 Å². The Morgan fingerprint density at radius 3 is 2.63 bits per heavy atom. The van der Waals surface area contributed by atoms with Crippen LogP contribution in [0.4, 0.5) is 11.5 Å². The van der Waals surface area contributed by atoms with Crippen LogP contribution in [0.15, 0.2) is 90.2 Å². The molecule has 7 nitrogen and oxygen atoms in total. The molecule has 0 spiro atoms.